The van der Waals surface area contributed by atoms with Gasteiger partial charge in [-0.05, 0) is 61.6 Å². The van der Waals surface area contributed by atoms with Crippen LogP contribution in [0.15, 0.2) is 42.7 Å². The number of halogens is 6. The first-order chi connectivity index (χ1) is 17.8. The van der Waals surface area contributed by atoms with E-state index in [9.17, 15) is 26.7 Å². The van der Waals surface area contributed by atoms with E-state index < -0.39 is 47.7 Å². The summed E-state index contributed by atoms with van der Waals surface area (Å²) >= 11 is 0. The van der Waals surface area contributed by atoms with E-state index in [0.717, 1.165) is 53.3 Å². The number of rotatable bonds is 7. The van der Waals surface area contributed by atoms with Crippen molar-refractivity contribution in [3.05, 3.63) is 76.4 Å². The lowest BCUT2D eigenvalue weighted by atomic mass is 9.78. The van der Waals surface area contributed by atoms with Gasteiger partial charge in [0.05, 0.1) is 12.1 Å². The summed E-state index contributed by atoms with van der Waals surface area (Å²) < 4.78 is 87.1. The van der Waals surface area contributed by atoms with Gasteiger partial charge in [-0.3, -0.25) is 4.79 Å². The van der Waals surface area contributed by atoms with Gasteiger partial charge in [-0.25, -0.2) is 13.2 Å². The molecular weight excluding hydrogens is 512 g/mol. The lowest BCUT2D eigenvalue weighted by Gasteiger charge is -2.39. The normalized spacial score (nSPS) is 18.4. The molecule has 2 heterocycles. The molecule has 0 spiro atoms. The minimum atomic E-state index is -4.71. The number of fused-ring (bicyclic) bond motifs is 1. The van der Waals surface area contributed by atoms with E-state index in [-0.39, 0.29) is 28.9 Å². The van der Waals surface area contributed by atoms with Crippen LogP contribution in [-0.2, 0) is 32.0 Å². The number of aryl methyl sites for hydroxylation is 1. The van der Waals surface area contributed by atoms with Crippen LogP contribution in [0.2, 0.25) is 0 Å². The van der Waals surface area contributed by atoms with Gasteiger partial charge in [0.15, 0.2) is 5.82 Å². The smallest absolute Gasteiger partial charge is 0.318 e. The number of nitrogens with zero attached hydrogens (tertiary/aromatic N) is 4. The summed E-state index contributed by atoms with van der Waals surface area (Å²) in [5.74, 6) is -1.36. The molecule has 0 saturated heterocycles. The van der Waals surface area contributed by atoms with Crippen molar-refractivity contribution < 1.29 is 31.1 Å². The largest absolute Gasteiger partial charge is 0.416 e. The van der Waals surface area contributed by atoms with Gasteiger partial charge in [0.2, 0.25) is 0 Å². The molecule has 38 heavy (non-hydrogen) atoms. The second-order valence-electron chi connectivity index (χ2n) is 10.2. The zero-order valence-corrected chi connectivity index (χ0v) is 20.6. The van der Waals surface area contributed by atoms with Gasteiger partial charge >= 0.3 is 6.18 Å². The Balaban J connectivity index is 1.51. The predicted octanol–water partition coefficient (Wildman–Crippen LogP) is 5.50. The Hall–Kier alpha value is -3.41. The second-order valence-corrected chi connectivity index (χ2v) is 10.2. The fourth-order valence-corrected chi connectivity index (χ4v) is 5.10. The molecule has 1 aromatic heterocycles. The molecule has 0 unspecified atom stereocenters. The van der Waals surface area contributed by atoms with Crippen molar-refractivity contribution in [2.75, 3.05) is 4.90 Å². The number of aromatic nitrogens is 3. The average molecular weight is 538 g/mol. The maximum absolute atomic E-state index is 15.9. The summed E-state index contributed by atoms with van der Waals surface area (Å²) in [5.41, 5.74) is -4.96. The van der Waals surface area contributed by atoms with Crippen molar-refractivity contribution in [2.45, 2.75) is 63.1 Å². The number of carbonyl (C=O) groups is 1. The molecule has 5 rings (SSSR count). The van der Waals surface area contributed by atoms with Gasteiger partial charge < -0.3 is 14.8 Å². The Morgan fingerprint density at radius 1 is 1.13 bits per heavy atom. The van der Waals surface area contributed by atoms with Gasteiger partial charge in [-0.1, -0.05) is 12.1 Å². The summed E-state index contributed by atoms with van der Waals surface area (Å²) in [6, 6.07) is 7.26. The monoisotopic (exact) mass is 537 g/mol. The summed E-state index contributed by atoms with van der Waals surface area (Å²) in [6.07, 6.45) is -4.31. The van der Waals surface area contributed by atoms with E-state index in [4.69, 9.17) is 0 Å². The molecule has 6 nitrogen and oxygen atoms in total. The summed E-state index contributed by atoms with van der Waals surface area (Å²) in [6.45, 7) is 1.72. The first-order valence-corrected chi connectivity index (χ1v) is 12.1. The first-order valence-electron chi connectivity index (χ1n) is 12.1. The lowest BCUT2D eigenvalue weighted by molar-refractivity contribution is -0.138. The summed E-state index contributed by atoms with van der Waals surface area (Å²) in [7, 11) is 1.31. The van der Waals surface area contributed by atoms with E-state index in [1.165, 1.54) is 25.2 Å². The number of carbonyl (C=O) groups excluding carboxylic acids is 1. The highest BCUT2D eigenvalue weighted by Gasteiger charge is 2.49. The second kappa shape index (κ2) is 9.11. The number of hydrogen-bond acceptors (Lipinski definition) is 4. The standard InChI is InChI=1S/C26H25F6N5O/c1-24(7-4-8-24)33-12-15-9-18-19(20(10-15)26(30,31)32)13-37(21(18)38)17-6-3-5-16(11-17)25(29,22(27)28)23-35-34-14-36(23)2/h3,5-6,9-11,14,22,33H,4,7-8,12-13H2,1-2H3/t25-/m0/s1. The van der Waals surface area contributed by atoms with Gasteiger partial charge in [0.25, 0.3) is 18.0 Å². The van der Waals surface area contributed by atoms with Crippen molar-refractivity contribution in [2.24, 2.45) is 7.05 Å². The van der Waals surface area contributed by atoms with Gasteiger partial charge in [0, 0.05) is 35.9 Å². The predicted molar refractivity (Wildman–Crippen MR) is 126 cm³/mol. The Kier molecular flexibility index (Phi) is 6.28. The van der Waals surface area contributed by atoms with Gasteiger partial charge in [-0.2, -0.15) is 13.2 Å². The van der Waals surface area contributed by atoms with Crippen LogP contribution < -0.4 is 10.2 Å². The number of benzene rings is 2. The molecule has 0 bridgehead atoms. The average Bonchev–Trinajstić information content (AvgIpc) is 3.43. The molecule has 1 atom stereocenters. The Morgan fingerprint density at radius 3 is 2.45 bits per heavy atom. The van der Waals surface area contributed by atoms with Gasteiger partial charge in [0.1, 0.15) is 6.33 Å². The molecule has 1 aliphatic heterocycles. The van der Waals surface area contributed by atoms with E-state index in [0.29, 0.717) is 5.56 Å². The molecule has 1 amide bonds. The SMILES string of the molecule is Cn1cnnc1[C@](F)(c1cccc(N2Cc3c(cc(CNC4(C)CCC4)cc3C(F)(F)F)C2=O)c1)C(F)F. The van der Waals surface area contributed by atoms with Crippen LogP contribution in [0.1, 0.15) is 64.6 Å². The van der Waals surface area contributed by atoms with E-state index >= 15 is 4.39 Å². The number of hydrogen-bond donors (Lipinski definition) is 1. The molecule has 1 aliphatic carbocycles. The van der Waals surface area contributed by atoms with E-state index in [2.05, 4.69) is 15.5 Å². The third-order valence-electron chi connectivity index (χ3n) is 7.50. The van der Waals surface area contributed by atoms with Crippen LogP contribution in [0.5, 0.6) is 0 Å². The minimum Gasteiger partial charge on any atom is -0.318 e. The zero-order chi connectivity index (χ0) is 27.5. The third kappa shape index (κ3) is 4.34. The molecular formula is C26H25F6N5O. The fourth-order valence-electron chi connectivity index (χ4n) is 5.10. The van der Waals surface area contributed by atoms with Crippen LogP contribution in [-0.4, -0.2) is 32.6 Å². The number of nitrogens with one attached hydrogen (secondary N) is 1. The van der Waals surface area contributed by atoms with Crippen LogP contribution in [0.25, 0.3) is 0 Å². The highest BCUT2D eigenvalue weighted by atomic mass is 19.4. The molecule has 202 valence electrons. The first kappa shape index (κ1) is 26.2. The van der Waals surface area contributed by atoms with Crippen molar-refractivity contribution in [1.82, 2.24) is 20.1 Å². The molecule has 1 fully saturated rings. The molecule has 1 N–H and O–H groups in total. The number of anilines is 1. The molecule has 12 heteroatoms. The van der Waals surface area contributed by atoms with Crippen molar-refractivity contribution >= 4 is 11.6 Å². The summed E-state index contributed by atoms with van der Waals surface area (Å²) in [4.78, 5) is 14.4. The maximum Gasteiger partial charge on any atom is 0.416 e. The Morgan fingerprint density at radius 2 is 1.87 bits per heavy atom. The quantitative estimate of drug-likeness (QED) is 0.404. The van der Waals surface area contributed by atoms with Crippen LogP contribution >= 0.6 is 0 Å². The Bertz CT molecular complexity index is 1380. The highest BCUT2D eigenvalue weighted by Crippen LogP contribution is 2.43. The molecule has 0 radical (unpaired) electrons. The zero-order valence-electron chi connectivity index (χ0n) is 20.6. The topological polar surface area (TPSA) is 63.1 Å². The number of amides is 1. The van der Waals surface area contributed by atoms with Crippen molar-refractivity contribution in [1.29, 1.82) is 0 Å². The van der Waals surface area contributed by atoms with E-state index in [1.54, 1.807) is 0 Å². The Labute approximate surface area is 214 Å². The fraction of sp³-hybridized carbons (Fsp3) is 0.423. The molecule has 3 aromatic rings. The summed E-state index contributed by atoms with van der Waals surface area (Å²) in [5, 5.41) is 10.3. The van der Waals surface area contributed by atoms with Crippen LogP contribution in [0, 0.1) is 0 Å². The minimum absolute atomic E-state index is 0.0108. The maximum atomic E-state index is 15.9. The third-order valence-corrected chi connectivity index (χ3v) is 7.50. The highest BCUT2D eigenvalue weighted by molar-refractivity contribution is 6.10. The molecule has 2 aliphatic rings. The van der Waals surface area contributed by atoms with Crippen molar-refractivity contribution in [3.8, 4) is 0 Å². The van der Waals surface area contributed by atoms with Gasteiger partial charge in [-0.15, -0.1) is 10.2 Å². The van der Waals surface area contributed by atoms with Crippen molar-refractivity contribution in [3.63, 3.8) is 0 Å². The molecule has 1 saturated carbocycles. The molecule has 2 aromatic carbocycles. The number of alkyl halides is 6. The van der Waals surface area contributed by atoms with E-state index in [1.807, 2.05) is 6.92 Å². The lowest BCUT2D eigenvalue weighted by Crippen LogP contribution is -2.47. The van der Waals surface area contributed by atoms with Crippen LogP contribution in [0.4, 0.5) is 32.0 Å². The van der Waals surface area contributed by atoms with Crippen LogP contribution in [0.3, 0.4) is 0 Å².